The quantitative estimate of drug-likeness (QED) is 0.680. The second kappa shape index (κ2) is 4.32. The normalized spacial score (nSPS) is 11.8. The highest BCUT2D eigenvalue weighted by molar-refractivity contribution is 8.13. The lowest BCUT2D eigenvalue weighted by atomic mass is 10.2. The molecule has 2 heterocycles. The van der Waals surface area contributed by atoms with Gasteiger partial charge in [-0.2, -0.15) is 0 Å². The molecule has 7 heteroatoms. The van der Waals surface area contributed by atoms with Crippen LogP contribution in [0.3, 0.4) is 0 Å². The smallest absolute Gasteiger partial charge is 0.261 e. The SMILES string of the molecule is O=S(=O)(Cl)c1ccc(-c2cn3cccnc3n2)cc1. The first kappa shape index (κ1) is 12.1. The summed E-state index contributed by atoms with van der Waals surface area (Å²) in [5, 5.41) is 0. The van der Waals surface area contributed by atoms with Gasteiger partial charge in [-0.25, -0.2) is 18.4 Å². The summed E-state index contributed by atoms with van der Waals surface area (Å²) >= 11 is 0. The van der Waals surface area contributed by atoms with Crippen LogP contribution in [-0.2, 0) is 9.05 Å². The van der Waals surface area contributed by atoms with Gasteiger partial charge in [0.2, 0.25) is 5.78 Å². The van der Waals surface area contributed by atoms with E-state index in [1.165, 1.54) is 12.1 Å². The average Bonchev–Trinajstić information content (AvgIpc) is 2.81. The molecule has 5 nitrogen and oxygen atoms in total. The predicted molar refractivity (Wildman–Crippen MR) is 71.5 cm³/mol. The van der Waals surface area contributed by atoms with Gasteiger partial charge in [-0.05, 0) is 18.2 Å². The van der Waals surface area contributed by atoms with Gasteiger partial charge in [0.15, 0.2) is 0 Å². The fraction of sp³-hybridized carbons (Fsp3) is 0. The van der Waals surface area contributed by atoms with Crippen LogP contribution in [0.1, 0.15) is 0 Å². The molecule has 3 aromatic rings. The van der Waals surface area contributed by atoms with Crippen LogP contribution in [-0.4, -0.2) is 22.8 Å². The molecule has 0 bridgehead atoms. The van der Waals surface area contributed by atoms with Crippen LogP contribution < -0.4 is 0 Å². The summed E-state index contributed by atoms with van der Waals surface area (Å²) < 4.78 is 24.1. The van der Waals surface area contributed by atoms with Gasteiger partial charge in [-0.3, -0.25) is 4.40 Å². The van der Waals surface area contributed by atoms with Crippen LogP contribution in [0.5, 0.6) is 0 Å². The molecule has 0 amide bonds. The number of hydrogen-bond donors (Lipinski definition) is 0. The topological polar surface area (TPSA) is 64.3 Å². The molecule has 1 aromatic carbocycles. The first-order chi connectivity index (χ1) is 9.04. The minimum Gasteiger partial charge on any atom is -0.291 e. The van der Waals surface area contributed by atoms with Crippen molar-refractivity contribution in [3.05, 3.63) is 48.9 Å². The molecule has 96 valence electrons. The van der Waals surface area contributed by atoms with Crippen molar-refractivity contribution >= 4 is 25.5 Å². The molecule has 0 aliphatic carbocycles. The Morgan fingerprint density at radius 2 is 1.89 bits per heavy atom. The highest BCUT2D eigenvalue weighted by atomic mass is 35.7. The lowest BCUT2D eigenvalue weighted by molar-refractivity contribution is 0.609. The molecule has 0 atom stereocenters. The second-order valence-electron chi connectivity index (χ2n) is 3.92. The number of rotatable bonds is 2. The predicted octanol–water partition coefficient (Wildman–Crippen LogP) is 2.32. The Kier molecular flexibility index (Phi) is 2.76. The van der Waals surface area contributed by atoms with E-state index in [9.17, 15) is 8.42 Å². The largest absolute Gasteiger partial charge is 0.291 e. The van der Waals surface area contributed by atoms with E-state index in [0.717, 1.165) is 11.3 Å². The second-order valence-corrected chi connectivity index (χ2v) is 6.48. The van der Waals surface area contributed by atoms with Crippen LogP contribution in [0.15, 0.2) is 53.8 Å². The van der Waals surface area contributed by atoms with Crippen molar-refractivity contribution in [2.75, 3.05) is 0 Å². The third kappa shape index (κ3) is 2.32. The fourth-order valence-corrected chi connectivity index (χ4v) is 2.53. The van der Waals surface area contributed by atoms with Crippen LogP contribution in [0.2, 0.25) is 0 Å². The van der Waals surface area contributed by atoms with Gasteiger partial charge >= 0.3 is 0 Å². The van der Waals surface area contributed by atoms with E-state index in [1.807, 2.05) is 18.5 Å². The number of nitrogens with zero attached hydrogens (tertiary/aromatic N) is 3. The van der Waals surface area contributed by atoms with Crippen molar-refractivity contribution in [3.8, 4) is 11.3 Å². The monoisotopic (exact) mass is 293 g/mol. The van der Waals surface area contributed by atoms with Gasteiger partial charge in [-0.15, -0.1) is 0 Å². The molecule has 0 unspecified atom stereocenters. The Morgan fingerprint density at radius 1 is 1.16 bits per heavy atom. The zero-order valence-electron chi connectivity index (χ0n) is 9.56. The highest BCUT2D eigenvalue weighted by Gasteiger charge is 2.10. The molecule has 0 aliphatic heterocycles. The molecule has 0 saturated heterocycles. The van der Waals surface area contributed by atoms with E-state index >= 15 is 0 Å². The highest BCUT2D eigenvalue weighted by Crippen LogP contribution is 2.22. The Morgan fingerprint density at radius 3 is 2.53 bits per heavy atom. The number of fused-ring (bicyclic) bond motifs is 1. The van der Waals surface area contributed by atoms with Crippen molar-refractivity contribution < 1.29 is 8.42 Å². The van der Waals surface area contributed by atoms with Gasteiger partial charge in [0.25, 0.3) is 9.05 Å². The first-order valence-corrected chi connectivity index (χ1v) is 7.70. The van der Waals surface area contributed by atoms with E-state index < -0.39 is 9.05 Å². The molecule has 0 N–H and O–H groups in total. The van der Waals surface area contributed by atoms with E-state index in [-0.39, 0.29) is 4.90 Å². The maximum absolute atomic E-state index is 11.2. The zero-order valence-corrected chi connectivity index (χ0v) is 11.1. The number of halogens is 1. The molecule has 0 aliphatic rings. The minimum absolute atomic E-state index is 0.0693. The van der Waals surface area contributed by atoms with Gasteiger partial charge in [0, 0.05) is 34.8 Å². The summed E-state index contributed by atoms with van der Waals surface area (Å²) in [6.07, 6.45) is 5.33. The third-order valence-electron chi connectivity index (χ3n) is 2.67. The molecule has 0 fully saturated rings. The van der Waals surface area contributed by atoms with E-state index in [1.54, 1.807) is 22.7 Å². The molecule has 0 saturated carbocycles. The lowest BCUT2D eigenvalue weighted by Gasteiger charge is -1.98. The summed E-state index contributed by atoms with van der Waals surface area (Å²) in [6, 6.07) is 8.04. The summed E-state index contributed by atoms with van der Waals surface area (Å²) in [5.41, 5.74) is 1.52. The van der Waals surface area contributed by atoms with Crippen LogP contribution in [0.25, 0.3) is 17.0 Å². The summed E-state index contributed by atoms with van der Waals surface area (Å²) in [6.45, 7) is 0. The standard InChI is InChI=1S/C12H8ClN3O2S/c13-19(17,18)10-4-2-9(3-5-10)11-8-16-7-1-6-14-12(16)15-11/h1-8H. The maximum Gasteiger partial charge on any atom is 0.261 e. The van der Waals surface area contributed by atoms with Crippen molar-refractivity contribution in [3.63, 3.8) is 0 Å². The Hall–Kier alpha value is -1.92. The van der Waals surface area contributed by atoms with Crippen LogP contribution >= 0.6 is 10.7 Å². The van der Waals surface area contributed by atoms with Gasteiger partial charge in [0.1, 0.15) is 0 Å². The summed E-state index contributed by atoms with van der Waals surface area (Å²) in [7, 11) is 1.57. The number of hydrogen-bond acceptors (Lipinski definition) is 4. The van der Waals surface area contributed by atoms with Crippen molar-refractivity contribution in [2.24, 2.45) is 0 Å². The lowest BCUT2D eigenvalue weighted by Crippen LogP contribution is -1.89. The Balaban J connectivity index is 2.07. The van der Waals surface area contributed by atoms with Crippen LogP contribution in [0, 0.1) is 0 Å². The molecule has 0 radical (unpaired) electrons. The summed E-state index contributed by atoms with van der Waals surface area (Å²) in [5.74, 6) is 0.589. The molecular formula is C12H8ClN3O2S. The van der Waals surface area contributed by atoms with E-state index in [4.69, 9.17) is 10.7 Å². The number of benzene rings is 1. The number of imidazole rings is 1. The first-order valence-electron chi connectivity index (χ1n) is 5.39. The average molecular weight is 294 g/mol. The van der Waals surface area contributed by atoms with Crippen molar-refractivity contribution in [1.29, 1.82) is 0 Å². The van der Waals surface area contributed by atoms with E-state index in [2.05, 4.69) is 9.97 Å². The number of aromatic nitrogens is 3. The third-order valence-corrected chi connectivity index (χ3v) is 4.04. The van der Waals surface area contributed by atoms with Gasteiger partial charge in [0.05, 0.1) is 10.6 Å². The zero-order chi connectivity index (χ0) is 13.5. The Labute approximate surface area is 113 Å². The van der Waals surface area contributed by atoms with Crippen molar-refractivity contribution in [1.82, 2.24) is 14.4 Å². The van der Waals surface area contributed by atoms with Crippen LogP contribution in [0.4, 0.5) is 0 Å². The molecule has 0 spiro atoms. The molecular weight excluding hydrogens is 286 g/mol. The van der Waals surface area contributed by atoms with Gasteiger partial charge < -0.3 is 0 Å². The molecule has 3 rings (SSSR count). The van der Waals surface area contributed by atoms with Crippen molar-refractivity contribution in [2.45, 2.75) is 4.90 Å². The fourth-order valence-electron chi connectivity index (χ4n) is 1.76. The minimum atomic E-state index is -3.69. The molecule has 2 aromatic heterocycles. The van der Waals surface area contributed by atoms with E-state index in [0.29, 0.717) is 5.78 Å². The Bertz CT molecular complexity index is 808. The summed E-state index contributed by atoms with van der Waals surface area (Å²) in [4.78, 5) is 8.53. The van der Waals surface area contributed by atoms with Gasteiger partial charge in [-0.1, -0.05) is 12.1 Å². The maximum atomic E-state index is 11.2. The molecule has 19 heavy (non-hydrogen) atoms.